The molecular weight excluding hydrogens is 184 g/mol. The van der Waals surface area contributed by atoms with Crippen molar-refractivity contribution < 1.29 is 4.79 Å². The van der Waals surface area contributed by atoms with Crippen LogP contribution in [0.25, 0.3) is 0 Å². The molecule has 0 aromatic carbocycles. The molecule has 15 heavy (non-hydrogen) atoms. The third-order valence-electron chi connectivity index (χ3n) is 3.82. The highest BCUT2D eigenvalue weighted by atomic mass is 16.1. The summed E-state index contributed by atoms with van der Waals surface area (Å²) in [4.78, 5) is 11.0. The van der Waals surface area contributed by atoms with Gasteiger partial charge in [0.1, 0.15) is 0 Å². The molecule has 0 saturated carbocycles. The minimum atomic E-state index is 0.129. The molecule has 1 heteroatoms. The molecule has 0 N–H and O–H groups in total. The van der Waals surface area contributed by atoms with Gasteiger partial charge in [-0.15, -0.1) is 0 Å². The Labute approximate surface area is 93.3 Å². The number of rotatable bonds is 2. The first kappa shape index (κ1) is 12.2. The van der Waals surface area contributed by atoms with Crippen LogP contribution in [0.15, 0.2) is 23.3 Å². The van der Waals surface area contributed by atoms with Crippen LogP contribution in [0.3, 0.4) is 0 Å². The van der Waals surface area contributed by atoms with E-state index in [1.807, 2.05) is 6.08 Å². The van der Waals surface area contributed by atoms with E-state index in [0.717, 1.165) is 0 Å². The van der Waals surface area contributed by atoms with Crippen LogP contribution in [-0.2, 0) is 4.79 Å². The molecular formula is C14H22O. The molecule has 0 spiro atoms. The fourth-order valence-electron chi connectivity index (χ4n) is 2.30. The Morgan fingerprint density at radius 3 is 2.60 bits per heavy atom. The maximum atomic E-state index is 11.0. The number of carbonyl (C=O) groups excluding carboxylic acids is 1. The second-order valence-corrected chi connectivity index (χ2v) is 5.30. The standard InChI is InChI=1S/C14H22O/c1-10-6-7-11(2)14(4,5)13(10)9-8-12(3)15/h8-9,11H,6-7H2,1-5H3/b9-8+. The maximum Gasteiger partial charge on any atom is 0.152 e. The van der Waals surface area contributed by atoms with Crippen LogP contribution in [0.4, 0.5) is 0 Å². The van der Waals surface area contributed by atoms with Gasteiger partial charge < -0.3 is 0 Å². The van der Waals surface area contributed by atoms with Gasteiger partial charge in [0, 0.05) is 0 Å². The predicted molar refractivity (Wildman–Crippen MR) is 64.7 cm³/mol. The molecule has 1 rings (SSSR count). The molecule has 0 aromatic heterocycles. The van der Waals surface area contributed by atoms with Gasteiger partial charge in [-0.3, -0.25) is 4.79 Å². The first-order valence-corrected chi connectivity index (χ1v) is 5.74. The fraction of sp³-hybridized carbons (Fsp3) is 0.643. The third-order valence-corrected chi connectivity index (χ3v) is 3.82. The predicted octanol–water partition coefficient (Wildman–Crippen LogP) is 3.90. The van der Waals surface area contributed by atoms with Gasteiger partial charge in [0.2, 0.25) is 0 Å². The van der Waals surface area contributed by atoms with E-state index < -0.39 is 0 Å². The average molecular weight is 206 g/mol. The van der Waals surface area contributed by atoms with Crippen molar-refractivity contribution >= 4 is 5.78 Å². The number of hydrogen-bond donors (Lipinski definition) is 0. The van der Waals surface area contributed by atoms with Crippen molar-refractivity contribution in [3.63, 3.8) is 0 Å². The van der Waals surface area contributed by atoms with Gasteiger partial charge in [-0.1, -0.05) is 32.4 Å². The highest BCUT2D eigenvalue weighted by molar-refractivity contribution is 5.87. The van der Waals surface area contributed by atoms with Crippen molar-refractivity contribution in [2.45, 2.75) is 47.5 Å². The minimum absolute atomic E-state index is 0.129. The molecule has 0 aliphatic heterocycles. The Morgan fingerprint density at radius 1 is 1.47 bits per heavy atom. The van der Waals surface area contributed by atoms with Crippen LogP contribution in [0, 0.1) is 11.3 Å². The van der Waals surface area contributed by atoms with E-state index in [-0.39, 0.29) is 11.2 Å². The lowest BCUT2D eigenvalue weighted by molar-refractivity contribution is -0.112. The molecule has 1 aliphatic rings. The summed E-state index contributed by atoms with van der Waals surface area (Å²) in [6.07, 6.45) is 6.14. The largest absolute Gasteiger partial charge is 0.295 e. The molecule has 1 atom stereocenters. The Morgan fingerprint density at radius 2 is 2.07 bits per heavy atom. The van der Waals surface area contributed by atoms with Crippen LogP contribution in [-0.4, -0.2) is 5.78 Å². The zero-order valence-electron chi connectivity index (χ0n) is 10.6. The van der Waals surface area contributed by atoms with E-state index in [0.29, 0.717) is 5.92 Å². The zero-order chi connectivity index (χ0) is 11.6. The maximum absolute atomic E-state index is 11.0. The molecule has 84 valence electrons. The van der Waals surface area contributed by atoms with Gasteiger partial charge in [-0.25, -0.2) is 0 Å². The van der Waals surface area contributed by atoms with Crippen LogP contribution < -0.4 is 0 Å². The lowest BCUT2D eigenvalue weighted by Gasteiger charge is -2.39. The van der Waals surface area contributed by atoms with E-state index in [1.54, 1.807) is 13.0 Å². The molecule has 0 amide bonds. The lowest BCUT2D eigenvalue weighted by Crippen LogP contribution is -2.28. The van der Waals surface area contributed by atoms with Gasteiger partial charge in [-0.2, -0.15) is 0 Å². The lowest BCUT2D eigenvalue weighted by atomic mass is 9.66. The van der Waals surface area contributed by atoms with Crippen molar-refractivity contribution in [1.29, 1.82) is 0 Å². The summed E-state index contributed by atoms with van der Waals surface area (Å²) in [5, 5.41) is 0. The number of ketones is 1. The van der Waals surface area contributed by atoms with E-state index in [9.17, 15) is 4.79 Å². The second-order valence-electron chi connectivity index (χ2n) is 5.30. The first-order valence-electron chi connectivity index (χ1n) is 5.74. The van der Waals surface area contributed by atoms with E-state index in [1.165, 1.54) is 24.0 Å². The summed E-state index contributed by atoms with van der Waals surface area (Å²) >= 11 is 0. The third kappa shape index (κ3) is 2.58. The molecule has 0 heterocycles. The monoisotopic (exact) mass is 206 g/mol. The van der Waals surface area contributed by atoms with Gasteiger partial charge in [-0.05, 0) is 49.7 Å². The number of allylic oxidation sites excluding steroid dienone is 4. The van der Waals surface area contributed by atoms with Gasteiger partial charge in [0.05, 0.1) is 0 Å². The Bertz CT molecular complexity index is 318. The quantitative estimate of drug-likeness (QED) is 0.626. The van der Waals surface area contributed by atoms with Crippen molar-refractivity contribution in [2.75, 3.05) is 0 Å². The second kappa shape index (κ2) is 4.34. The van der Waals surface area contributed by atoms with Crippen molar-refractivity contribution in [3.8, 4) is 0 Å². The molecule has 0 fully saturated rings. The summed E-state index contributed by atoms with van der Waals surface area (Å²) in [6, 6.07) is 0. The van der Waals surface area contributed by atoms with Crippen molar-refractivity contribution in [3.05, 3.63) is 23.3 Å². The van der Waals surface area contributed by atoms with Crippen molar-refractivity contribution in [2.24, 2.45) is 11.3 Å². The minimum Gasteiger partial charge on any atom is -0.295 e. The Balaban J connectivity index is 3.05. The molecule has 1 unspecified atom stereocenters. The first-order chi connectivity index (χ1) is 6.85. The van der Waals surface area contributed by atoms with Crippen LogP contribution >= 0.6 is 0 Å². The molecule has 0 aromatic rings. The molecule has 0 radical (unpaired) electrons. The number of hydrogen-bond acceptors (Lipinski definition) is 1. The van der Waals surface area contributed by atoms with E-state index in [2.05, 4.69) is 27.7 Å². The molecule has 0 saturated heterocycles. The van der Waals surface area contributed by atoms with Crippen molar-refractivity contribution in [1.82, 2.24) is 0 Å². The summed E-state index contributed by atoms with van der Waals surface area (Å²) in [5.41, 5.74) is 3.00. The highest BCUT2D eigenvalue weighted by Crippen LogP contribution is 2.44. The topological polar surface area (TPSA) is 17.1 Å². The average Bonchev–Trinajstić information content (AvgIpc) is 2.11. The van der Waals surface area contributed by atoms with Crippen LogP contribution in [0.2, 0.25) is 0 Å². The van der Waals surface area contributed by atoms with Gasteiger partial charge >= 0.3 is 0 Å². The van der Waals surface area contributed by atoms with E-state index >= 15 is 0 Å². The van der Waals surface area contributed by atoms with Crippen LogP contribution in [0.5, 0.6) is 0 Å². The Kier molecular flexibility index (Phi) is 3.54. The number of carbonyl (C=O) groups is 1. The summed E-state index contributed by atoms with van der Waals surface area (Å²) in [5.74, 6) is 0.817. The fourth-order valence-corrected chi connectivity index (χ4v) is 2.30. The zero-order valence-corrected chi connectivity index (χ0v) is 10.6. The normalized spacial score (nSPS) is 26.1. The summed E-state index contributed by atoms with van der Waals surface area (Å²) in [7, 11) is 0. The molecule has 1 aliphatic carbocycles. The molecule has 0 bridgehead atoms. The van der Waals surface area contributed by atoms with Gasteiger partial charge in [0.25, 0.3) is 0 Å². The molecule has 1 nitrogen and oxygen atoms in total. The van der Waals surface area contributed by atoms with E-state index in [4.69, 9.17) is 0 Å². The smallest absolute Gasteiger partial charge is 0.152 e. The SMILES string of the molecule is CC(=O)/C=C/C1=C(C)CCC(C)C1(C)C. The Hall–Kier alpha value is -0.850. The summed E-state index contributed by atoms with van der Waals surface area (Å²) < 4.78 is 0. The van der Waals surface area contributed by atoms with Crippen LogP contribution in [0.1, 0.15) is 47.5 Å². The summed E-state index contributed by atoms with van der Waals surface area (Å²) in [6.45, 7) is 10.6. The van der Waals surface area contributed by atoms with Gasteiger partial charge in [0.15, 0.2) is 5.78 Å². The highest BCUT2D eigenvalue weighted by Gasteiger charge is 2.33.